The minimum Gasteiger partial charge on any atom is -0.387 e. The first kappa shape index (κ1) is 11.7. The van der Waals surface area contributed by atoms with Gasteiger partial charge in [0, 0.05) is 0 Å². The molecule has 0 radical (unpaired) electrons. The summed E-state index contributed by atoms with van der Waals surface area (Å²) in [5.41, 5.74) is 2.29. The number of nitrogens with zero attached hydrogens (tertiary/aromatic N) is 1. The summed E-state index contributed by atoms with van der Waals surface area (Å²) in [4.78, 5) is 0. The van der Waals surface area contributed by atoms with Gasteiger partial charge in [-0.3, -0.25) is 0 Å². The third-order valence-corrected chi connectivity index (χ3v) is 2.69. The Bertz CT molecular complexity index is 401. The van der Waals surface area contributed by atoms with E-state index in [1.54, 1.807) is 13.8 Å². The van der Waals surface area contributed by atoms with Gasteiger partial charge in [-0.2, -0.15) is 5.26 Å². The molecular weight excluding hydrogens is 186 g/mol. The topological polar surface area (TPSA) is 44.0 Å². The summed E-state index contributed by atoms with van der Waals surface area (Å²) in [6.07, 6.45) is -0.733. The normalized spacial score (nSPS) is 13.3. The van der Waals surface area contributed by atoms with Gasteiger partial charge in [-0.05, 0) is 38.8 Å². The molecule has 0 aliphatic rings. The van der Waals surface area contributed by atoms with E-state index in [0.29, 0.717) is 0 Å². The van der Waals surface area contributed by atoms with Crippen molar-refractivity contribution in [1.82, 2.24) is 0 Å². The van der Waals surface area contributed by atoms with Crippen molar-refractivity contribution in [2.45, 2.75) is 33.8 Å². The molecular formula is C13H17NO. The van der Waals surface area contributed by atoms with E-state index in [-0.39, 0.29) is 0 Å². The molecule has 0 aliphatic carbocycles. The molecule has 0 spiro atoms. The van der Waals surface area contributed by atoms with Crippen molar-refractivity contribution in [2.24, 2.45) is 5.41 Å². The first-order valence-electron chi connectivity index (χ1n) is 5.05. The Labute approximate surface area is 91.2 Å². The monoisotopic (exact) mass is 203 g/mol. The van der Waals surface area contributed by atoms with Gasteiger partial charge in [0.25, 0.3) is 0 Å². The van der Waals surface area contributed by atoms with Crippen LogP contribution in [0.4, 0.5) is 0 Å². The SMILES string of the molecule is Cc1ccc(C(O)C(C)(C)C#N)c(C)c1. The highest BCUT2D eigenvalue weighted by Gasteiger charge is 2.29. The van der Waals surface area contributed by atoms with Crippen LogP contribution in [-0.2, 0) is 0 Å². The Morgan fingerprint density at radius 1 is 1.33 bits per heavy atom. The smallest absolute Gasteiger partial charge is 0.0973 e. The van der Waals surface area contributed by atoms with Gasteiger partial charge >= 0.3 is 0 Å². The summed E-state index contributed by atoms with van der Waals surface area (Å²) in [6.45, 7) is 7.46. The molecule has 1 aromatic rings. The van der Waals surface area contributed by atoms with Crippen LogP contribution < -0.4 is 0 Å². The van der Waals surface area contributed by atoms with Crippen LogP contribution in [0.5, 0.6) is 0 Å². The lowest BCUT2D eigenvalue weighted by atomic mass is 9.82. The molecule has 0 fully saturated rings. The fraction of sp³-hybridized carbons (Fsp3) is 0.462. The lowest BCUT2D eigenvalue weighted by Gasteiger charge is -2.24. The van der Waals surface area contributed by atoms with Crippen LogP contribution >= 0.6 is 0 Å². The van der Waals surface area contributed by atoms with E-state index in [2.05, 4.69) is 6.07 Å². The zero-order chi connectivity index (χ0) is 11.6. The highest BCUT2D eigenvalue weighted by Crippen LogP contribution is 2.34. The number of nitriles is 1. The highest BCUT2D eigenvalue weighted by molar-refractivity contribution is 5.33. The van der Waals surface area contributed by atoms with E-state index < -0.39 is 11.5 Å². The predicted octanol–water partition coefficient (Wildman–Crippen LogP) is 2.89. The first-order chi connectivity index (χ1) is 6.88. The molecule has 1 atom stereocenters. The van der Waals surface area contributed by atoms with Gasteiger partial charge in [0.2, 0.25) is 0 Å². The molecule has 1 unspecified atom stereocenters. The van der Waals surface area contributed by atoms with Gasteiger partial charge in [0.05, 0.1) is 17.6 Å². The molecule has 0 aliphatic heterocycles. The molecule has 1 aromatic carbocycles. The number of aryl methyl sites for hydroxylation is 2. The van der Waals surface area contributed by atoms with Gasteiger partial charge in [0.1, 0.15) is 0 Å². The lowest BCUT2D eigenvalue weighted by Crippen LogP contribution is -2.20. The van der Waals surface area contributed by atoms with Gasteiger partial charge in [-0.15, -0.1) is 0 Å². The number of benzene rings is 1. The molecule has 0 saturated carbocycles. The van der Waals surface area contributed by atoms with Crippen LogP contribution in [-0.4, -0.2) is 5.11 Å². The summed E-state index contributed by atoms with van der Waals surface area (Å²) in [7, 11) is 0. The molecule has 0 saturated heterocycles. The minimum absolute atomic E-state index is 0.733. The van der Waals surface area contributed by atoms with E-state index in [0.717, 1.165) is 11.1 Å². The molecule has 2 heteroatoms. The fourth-order valence-electron chi connectivity index (χ4n) is 1.58. The first-order valence-corrected chi connectivity index (χ1v) is 5.05. The van der Waals surface area contributed by atoms with Crippen molar-refractivity contribution in [2.75, 3.05) is 0 Å². The van der Waals surface area contributed by atoms with Crippen LogP contribution in [0, 0.1) is 30.6 Å². The van der Waals surface area contributed by atoms with Crippen molar-refractivity contribution in [3.05, 3.63) is 34.9 Å². The number of hydrogen-bond acceptors (Lipinski definition) is 2. The van der Waals surface area contributed by atoms with Crippen LogP contribution in [0.1, 0.15) is 36.6 Å². The molecule has 2 nitrogen and oxygen atoms in total. The quantitative estimate of drug-likeness (QED) is 0.803. The van der Waals surface area contributed by atoms with Crippen molar-refractivity contribution >= 4 is 0 Å². The van der Waals surface area contributed by atoms with E-state index in [1.165, 1.54) is 5.56 Å². The third-order valence-electron chi connectivity index (χ3n) is 2.69. The second-order valence-electron chi connectivity index (χ2n) is 4.60. The van der Waals surface area contributed by atoms with Gasteiger partial charge < -0.3 is 5.11 Å². The second-order valence-corrected chi connectivity index (χ2v) is 4.60. The summed E-state index contributed by atoms with van der Waals surface area (Å²) in [5, 5.41) is 19.1. The Hall–Kier alpha value is -1.33. The Kier molecular flexibility index (Phi) is 3.16. The lowest BCUT2D eigenvalue weighted by molar-refractivity contribution is 0.0862. The average Bonchev–Trinajstić information content (AvgIpc) is 2.17. The molecule has 1 N–H and O–H groups in total. The maximum Gasteiger partial charge on any atom is 0.0973 e. The Morgan fingerprint density at radius 3 is 2.40 bits per heavy atom. The zero-order valence-corrected chi connectivity index (χ0v) is 9.70. The number of aliphatic hydroxyl groups is 1. The molecule has 15 heavy (non-hydrogen) atoms. The van der Waals surface area contributed by atoms with Crippen LogP contribution in [0.15, 0.2) is 18.2 Å². The Balaban J connectivity index is 3.13. The van der Waals surface area contributed by atoms with Crippen LogP contribution in [0.2, 0.25) is 0 Å². The number of aliphatic hydroxyl groups excluding tert-OH is 1. The van der Waals surface area contributed by atoms with Gasteiger partial charge in [-0.25, -0.2) is 0 Å². The molecule has 1 rings (SSSR count). The summed E-state index contributed by atoms with van der Waals surface area (Å²) in [5.74, 6) is 0. The molecule has 0 heterocycles. The molecule has 0 amide bonds. The average molecular weight is 203 g/mol. The predicted molar refractivity (Wildman–Crippen MR) is 60.3 cm³/mol. The second kappa shape index (κ2) is 4.04. The Morgan fingerprint density at radius 2 is 1.93 bits per heavy atom. The van der Waals surface area contributed by atoms with Crippen molar-refractivity contribution < 1.29 is 5.11 Å². The third kappa shape index (κ3) is 2.37. The van der Waals surface area contributed by atoms with Gasteiger partial charge in [0.15, 0.2) is 0 Å². The summed E-state index contributed by atoms with van der Waals surface area (Å²) < 4.78 is 0. The fourth-order valence-corrected chi connectivity index (χ4v) is 1.58. The minimum atomic E-state index is -0.750. The van der Waals surface area contributed by atoms with Crippen molar-refractivity contribution in [3.63, 3.8) is 0 Å². The standard InChI is InChI=1S/C13H17NO/c1-9-5-6-11(10(2)7-9)12(15)13(3,4)8-14/h5-7,12,15H,1-4H3. The maximum absolute atomic E-state index is 10.1. The van der Waals surface area contributed by atoms with E-state index >= 15 is 0 Å². The van der Waals surface area contributed by atoms with E-state index in [4.69, 9.17) is 5.26 Å². The van der Waals surface area contributed by atoms with E-state index in [1.807, 2.05) is 32.0 Å². The van der Waals surface area contributed by atoms with Gasteiger partial charge in [-0.1, -0.05) is 23.8 Å². The summed E-state index contributed by atoms with van der Waals surface area (Å²) >= 11 is 0. The van der Waals surface area contributed by atoms with Crippen molar-refractivity contribution in [3.8, 4) is 6.07 Å². The van der Waals surface area contributed by atoms with Crippen LogP contribution in [0.3, 0.4) is 0 Å². The van der Waals surface area contributed by atoms with Crippen molar-refractivity contribution in [1.29, 1.82) is 5.26 Å². The summed E-state index contributed by atoms with van der Waals surface area (Å²) in [6, 6.07) is 8.01. The highest BCUT2D eigenvalue weighted by atomic mass is 16.3. The molecule has 80 valence electrons. The number of hydrogen-bond donors (Lipinski definition) is 1. The van der Waals surface area contributed by atoms with Crippen LogP contribution in [0.25, 0.3) is 0 Å². The molecule has 0 aromatic heterocycles. The van der Waals surface area contributed by atoms with E-state index in [9.17, 15) is 5.11 Å². The largest absolute Gasteiger partial charge is 0.387 e. The molecule has 0 bridgehead atoms. The zero-order valence-electron chi connectivity index (χ0n) is 9.70. The maximum atomic E-state index is 10.1. The number of rotatable bonds is 2.